The van der Waals surface area contributed by atoms with E-state index < -0.39 is 0 Å². The maximum Gasteiger partial charge on any atom is 0.339 e. The van der Waals surface area contributed by atoms with Gasteiger partial charge in [-0.1, -0.05) is 18.2 Å². The van der Waals surface area contributed by atoms with Crippen LogP contribution < -0.4 is 0 Å². The minimum Gasteiger partial charge on any atom is -0.459 e. The van der Waals surface area contributed by atoms with Crippen LogP contribution in [0, 0.1) is 0 Å². The quantitative estimate of drug-likeness (QED) is 0.653. The van der Waals surface area contributed by atoms with Gasteiger partial charge in [0.2, 0.25) is 0 Å². The molecule has 0 bridgehead atoms. The van der Waals surface area contributed by atoms with Gasteiger partial charge in [0.25, 0.3) is 0 Å². The number of nitrogens with zero attached hydrogens (tertiary/aromatic N) is 1. The minimum absolute atomic E-state index is 0.0809. The van der Waals surface area contributed by atoms with Crippen LogP contribution in [0.25, 0.3) is 21.7 Å². The number of esters is 1. The van der Waals surface area contributed by atoms with Gasteiger partial charge in [-0.15, -0.1) is 0 Å². The van der Waals surface area contributed by atoms with Gasteiger partial charge >= 0.3 is 5.97 Å². The Bertz CT molecular complexity index is 850. The number of rotatable bonds is 2. The van der Waals surface area contributed by atoms with Gasteiger partial charge < -0.3 is 4.74 Å². The molecule has 1 fully saturated rings. The molecular weight excluding hydrogens is 274 g/mol. The van der Waals surface area contributed by atoms with E-state index in [0.717, 1.165) is 47.4 Å². The van der Waals surface area contributed by atoms with Crippen LogP contribution in [0.3, 0.4) is 0 Å². The number of carbonyl (C=O) groups excluding carboxylic acids is 1. The number of hydrogen-bond donors (Lipinski definition) is 0. The summed E-state index contributed by atoms with van der Waals surface area (Å²) in [5, 5.41) is 2.98. The Balaban J connectivity index is 1.83. The van der Waals surface area contributed by atoms with E-state index in [-0.39, 0.29) is 12.1 Å². The lowest BCUT2D eigenvalue weighted by Crippen LogP contribution is -2.14. The summed E-state index contributed by atoms with van der Waals surface area (Å²) >= 11 is 0. The van der Waals surface area contributed by atoms with Crippen molar-refractivity contribution in [1.29, 1.82) is 0 Å². The fraction of sp³-hybridized carbons (Fsp3) is 0.263. The summed E-state index contributed by atoms with van der Waals surface area (Å²) in [6.45, 7) is 0. The highest BCUT2D eigenvalue weighted by Gasteiger charge is 2.21. The van der Waals surface area contributed by atoms with Gasteiger partial charge in [0, 0.05) is 11.6 Å². The Hall–Kier alpha value is -2.42. The molecule has 1 saturated carbocycles. The molecule has 0 unspecified atom stereocenters. The molecule has 0 radical (unpaired) electrons. The zero-order valence-electron chi connectivity index (χ0n) is 12.3. The zero-order valence-corrected chi connectivity index (χ0v) is 12.3. The molecule has 1 aliphatic rings. The lowest BCUT2D eigenvalue weighted by molar-refractivity contribution is 0.0320. The van der Waals surface area contributed by atoms with Crippen molar-refractivity contribution >= 4 is 27.6 Å². The molecule has 3 heteroatoms. The number of hydrogen-bond acceptors (Lipinski definition) is 3. The monoisotopic (exact) mass is 291 g/mol. The molecule has 1 aliphatic carbocycles. The van der Waals surface area contributed by atoms with Crippen LogP contribution >= 0.6 is 0 Å². The van der Waals surface area contributed by atoms with Gasteiger partial charge in [0.1, 0.15) is 6.10 Å². The predicted octanol–water partition coefficient (Wildman–Crippen LogP) is 4.49. The molecule has 1 heterocycles. The van der Waals surface area contributed by atoms with E-state index in [9.17, 15) is 4.79 Å². The summed E-state index contributed by atoms with van der Waals surface area (Å²) in [5.41, 5.74) is 1.59. The molecule has 1 aromatic heterocycles. The first-order chi connectivity index (χ1) is 10.8. The van der Waals surface area contributed by atoms with Crippen LogP contribution in [0.4, 0.5) is 0 Å². The van der Waals surface area contributed by atoms with Crippen molar-refractivity contribution in [2.24, 2.45) is 0 Å². The van der Waals surface area contributed by atoms with Crippen LogP contribution in [-0.2, 0) is 4.74 Å². The van der Waals surface area contributed by atoms with Crippen LogP contribution in [0.5, 0.6) is 0 Å². The Morgan fingerprint density at radius 3 is 2.73 bits per heavy atom. The van der Waals surface area contributed by atoms with Crippen molar-refractivity contribution in [3.63, 3.8) is 0 Å². The fourth-order valence-electron chi connectivity index (χ4n) is 3.24. The summed E-state index contributed by atoms with van der Waals surface area (Å²) in [6, 6.07) is 13.7. The van der Waals surface area contributed by atoms with Gasteiger partial charge in [-0.05, 0) is 60.7 Å². The van der Waals surface area contributed by atoms with E-state index in [1.807, 2.05) is 42.5 Å². The number of fused-ring (bicyclic) bond motifs is 2. The SMILES string of the molecule is O=C(OC1CCCC1)c1ccccc2cc3nccc3cc12. The molecule has 0 saturated heterocycles. The van der Waals surface area contributed by atoms with Crippen LogP contribution in [-0.4, -0.2) is 17.1 Å². The van der Waals surface area contributed by atoms with E-state index in [4.69, 9.17) is 4.74 Å². The Morgan fingerprint density at radius 2 is 1.86 bits per heavy atom. The molecule has 0 N–H and O–H groups in total. The average molecular weight is 291 g/mol. The molecule has 0 atom stereocenters. The number of carbonyl (C=O) groups is 1. The second-order valence-corrected chi connectivity index (χ2v) is 5.89. The maximum atomic E-state index is 12.6. The van der Waals surface area contributed by atoms with Crippen LogP contribution in [0.2, 0.25) is 0 Å². The third-order valence-corrected chi connectivity index (χ3v) is 4.40. The third kappa shape index (κ3) is 2.33. The highest BCUT2D eigenvalue weighted by molar-refractivity contribution is 6.08. The van der Waals surface area contributed by atoms with E-state index in [1.54, 1.807) is 6.20 Å². The second kappa shape index (κ2) is 5.41. The highest BCUT2D eigenvalue weighted by Crippen LogP contribution is 2.27. The maximum absolute atomic E-state index is 12.6. The lowest BCUT2D eigenvalue weighted by Gasteiger charge is -2.11. The van der Waals surface area contributed by atoms with Crippen molar-refractivity contribution in [2.45, 2.75) is 31.8 Å². The topological polar surface area (TPSA) is 39.2 Å². The van der Waals surface area contributed by atoms with Crippen molar-refractivity contribution < 1.29 is 9.53 Å². The lowest BCUT2D eigenvalue weighted by atomic mass is 10.1. The first-order valence-electron chi connectivity index (χ1n) is 7.80. The summed E-state index contributed by atoms with van der Waals surface area (Å²) in [7, 11) is 0. The first-order valence-corrected chi connectivity index (χ1v) is 7.80. The van der Waals surface area contributed by atoms with Gasteiger partial charge in [-0.2, -0.15) is 0 Å². The van der Waals surface area contributed by atoms with Gasteiger partial charge in [0.15, 0.2) is 0 Å². The molecule has 0 amide bonds. The minimum atomic E-state index is -0.216. The molecule has 3 aromatic rings. The summed E-state index contributed by atoms with van der Waals surface area (Å²) in [5.74, 6) is -0.216. The van der Waals surface area contributed by atoms with Crippen LogP contribution in [0.1, 0.15) is 36.0 Å². The molecule has 0 spiro atoms. The third-order valence-electron chi connectivity index (χ3n) is 4.40. The van der Waals surface area contributed by atoms with Gasteiger partial charge in [-0.3, -0.25) is 4.98 Å². The van der Waals surface area contributed by atoms with Crippen molar-refractivity contribution in [3.8, 4) is 0 Å². The van der Waals surface area contributed by atoms with E-state index >= 15 is 0 Å². The smallest absolute Gasteiger partial charge is 0.339 e. The van der Waals surface area contributed by atoms with Crippen molar-refractivity contribution in [1.82, 2.24) is 4.98 Å². The van der Waals surface area contributed by atoms with Crippen molar-refractivity contribution in [2.75, 3.05) is 0 Å². The molecule has 0 aliphatic heterocycles. The molecule has 3 nitrogen and oxygen atoms in total. The van der Waals surface area contributed by atoms with Crippen LogP contribution in [0.15, 0.2) is 48.7 Å². The fourth-order valence-corrected chi connectivity index (χ4v) is 3.24. The first kappa shape index (κ1) is 13.3. The standard InChI is InChI=1S/C19H17NO2/c21-19(22-15-6-2-3-7-15)16-8-4-1-5-13-12-18-14(9-10-20-18)11-17(13)16/h1,4-5,8-12,15H,2-3,6-7H2. The summed E-state index contributed by atoms with van der Waals surface area (Å²) in [6.07, 6.45) is 6.15. The molecule has 2 aromatic carbocycles. The van der Waals surface area contributed by atoms with E-state index in [0.29, 0.717) is 5.56 Å². The average Bonchev–Trinajstić information content (AvgIpc) is 3.13. The van der Waals surface area contributed by atoms with E-state index in [1.165, 1.54) is 0 Å². The largest absolute Gasteiger partial charge is 0.459 e. The number of benzene rings is 1. The molecular formula is C19H17NO2. The predicted molar refractivity (Wildman–Crippen MR) is 86.9 cm³/mol. The summed E-state index contributed by atoms with van der Waals surface area (Å²) < 4.78 is 5.69. The Labute approximate surface area is 128 Å². The zero-order chi connectivity index (χ0) is 14.9. The van der Waals surface area contributed by atoms with Gasteiger partial charge in [-0.25, -0.2) is 4.79 Å². The molecule has 4 rings (SSSR count). The highest BCUT2D eigenvalue weighted by atomic mass is 16.5. The molecule has 110 valence electrons. The summed E-state index contributed by atoms with van der Waals surface area (Å²) in [4.78, 5) is 16.9. The Kier molecular flexibility index (Phi) is 3.26. The normalized spacial score (nSPS) is 15.5. The Morgan fingerprint density at radius 1 is 1.05 bits per heavy atom. The van der Waals surface area contributed by atoms with E-state index in [2.05, 4.69) is 4.98 Å². The van der Waals surface area contributed by atoms with Gasteiger partial charge in [0.05, 0.1) is 11.1 Å². The second-order valence-electron chi connectivity index (χ2n) is 5.89. The number of aromatic nitrogens is 1. The molecule has 22 heavy (non-hydrogen) atoms. The van der Waals surface area contributed by atoms with Crippen molar-refractivity contribution in [3.05, 3.63) is 54.2 Å². The number of ether oxygens (including phenoxy) is 1.